The highest BCUT2D eigenvalue weighted by atomic mass is 19.2. The van der Waals surface area contributed by atoms with E-state index in [0.29, 0.717) is 18.7 Å². The van der Waals surface area contributed by atoms with Crippen molar-refractivity contribution in [2.24, 2.45) is 0 Å². The lowest BCUT2D eigenvalue weighted by Crippen LogP contribution is -2.05. The summed E-state index contributed by atoms with van der Waals surface area (Å²) in [6.45, 7) is 0.414. The van der Waals surface area contributed by atoms with E-state index in [2.05, 4.69) is 5.32 Å². The van der Waals surface area contributed by atoms with Gasteiger partial charge in [-0.3, -0.25) is 4.79 Å². The highest BCUT2D eigenvalue weighted by Gasteiger charge is 2.02. The van der Waals surface area contributed by atoms with E-state index >= 15 is 0 Å². The van der Waals surface area contributed by atoms with Crippen LogP contribution in [0, 0.1) is 11.6 Å². The van der Waals surface area contributed by atoms with Crippen LogP contribution < -0.4 is 5.32 Å². The number of benzene rings is 1. The number of hydrogen-bond donors (Lipinski definition) is 2. The molecule has 0 heterocycles. The van der Waals surface area contributed by atoms with Gasteiger partial charge in [-0.15, -0.1) is 0 Å². The zero-order chi connectivity index (χ0) is 11.3. The highest BCUT2D eigenvalue weighted by molar-refractivity contribution is 5.66. The number of carbonyl (C=O) groups is 1. The van der Waals surface area contributed by atoms with Crippen molar-refractivity contribution < 1.29 is 18.7 Å². The van der Waals surface area contributed by atoms with Gasteiger partial charge in [-0.05, 0) is 24.6 Å². The zero-order valence-electron chi connectivity index (χ0n) is 7.96. The number of anilines is 1. The fourth-order valence-electron chi connectivity index (χ4n) is 1.08. The molecule has 3 nitrogen and oxygen atoms in total. The van der Waals surface area contributed by atoms with Crippen molar-refractivity contribution in [1.82, 2.24) is 0 Å². The van der Waals surface area contributed by atoms with Crippen molar-refractivity contribution in [3.8, 4) is 0 Å². The summed E-state index contributed by atoms with van der Waals surface area (Å²) in [6.07, 6.45) is 0.491. The molecular formula is C10H11F2NO2. The maximum atomic E-state index is 12.7. The van der Waals surface area contributed by atoms with Gasteiger partial charge in [0.15, 0.2) is 11.6 Å². The van der Waals surface area contributed by atoms with Gasteiger partial charge in [0, 0.05) is 18.7 Å². The van der Waals surface area contributed by atoms with Gasteiger partial charge in [-0.2, -0.15) is 0 Å². The number of carboxylic acids is 1. The molecule has 0 amide bonds. The fraction of sp³-hybridized carbons (Fsp3) is 0.300. The topological polar surface area (TPSA) is 49.3 Å². The molecule has 0 aliphatic heterocycles. The molecule has 0 aliphatic carbocycles. The number of carboxylic acid groups (broad SMARTS) is 1. The molecule has 1 aromatic carbocycles. The summed E-state index contributed by atoms with van der Waals surface area (Å²) in [5, 5.41) is 11.2. The minimum absolute atomic E-state index is 0.0523. The summed E-state index contributed by atoms with van der Waals surface area (Å²) >= 11 is 0. The Morgan fingerprint density at radius 1 is 1.33 bits per heavy atom. The molecule has 82 valence electrons. The van der Waals surface area contributed by atoms with E-state index in [4.69, 9.17) is 5.11 Å². The average molecular weight is 215 g/mol. The van der Waals surface area contributed by atoms with Gasteiger partial charge in [0.1, 0.15) is 0 Å². The van der Waals surface area contributed by atoms with Crippen LogP contribution in [0.4, 0.5) is 14.5 Å². The number of hydrogen-bond acceptors (Lipinski definition) is 2. The molecule has 0 atom stereocenters. The predicted molar refractivity (Wildman–Crippen MR) is 51.7 cm³/mol. The van der Waals surface area contributed by atoms with Gasteiger partial charge in [-0.25, -0.2) is 8.78 Å². The van der Waals surface area contributed by atoms with E-state index in [1.165, 1.54) is 6.07 Å². The molecule has 0 aliphatic rings. The first kappa shape index (κ1) is 11.4. The maximum absolute atomic E-state index is 12.7. The smallest absolute Gasteiger partial charge is 0.303 e. The van der Waals surface area contributed by atoms with Crippen LogP contribution in [0.25, 0.3) is 0 Å². The summed E-state index contributed by atoms with van der Waals surface area (Å²) in [6, 6.07) is 3.46. The number of halogens is 2. The molecule has 0 spiro atoms. The fourth-order valence-corrected chi connectivity index (χ4v) is 1.08. The minimum atomic E-state index is -0.918. The van der Waals surface area contributed by atoms with Crippen molar-refractivity contribution in [2.45, 2.75) is 12.8 Å². The van der Waals surface area contributed by atoms with Gasteiger partial charge in [0.25, 0.3) is 0 Å². The molecule has 0 saturated heterocycles. The Hall–Kier alpha value is -1.65. The predicted octanol–water partition coefficient (Wildman–Crippen LogP) is 2.24. The standard InChI is InChI=1S/C10H11F2NO2/c11-8-4-3-7(6-9(8)12)13-5-1-2-10(14)15/h3-4,6,13H,1-2,5H2,(H,14,15). The summed E-state index contributed by atoms with van der Waals surface area (Å²) < 4.78 is 25.2. The zero-order valence-corrected chi connectivity index (χ0v) is 7.96. The Balaban J connectivity index is 2.38. The molecule has 5 heteroatoms. The summed E-state index contributed by atoms with van der Waals surface area (Å²) in [4.78, 5) is 10.2. The summed E-state index contributed by atoms with van der Waals surface area (Å²) in [5.74, 6) is -2.69. The van der Waals surface area contributed by atoms with Crippen LogP contribution >= 0.6 is 0 Å². The summed E-state index contributed by atoms with van der Waals surface area (Å²) in [5.41, 5.74) is 0.444. The lowest BCUT2D eigenvalue weighted by molar-refractivity contribution is -0.137. The monoisotopic (exact) mass is 215 g/mol. The van der Waals surface area contributed by atoms with Crippen molar-refractivity contribution >= 4 is 11.7 Å². The minimum Gasteiger partial charge on any atom is -0.481 e. The molecule has 15 heavy (non-hydrogen) atoms. The molecule has 1 rings (SSSR count). The van der Waals surface area contributed by atoms with Gasteiger partial charge >= 0.3 is 5.97 Å². The highest BCUT2D eigenvalue weighted by Crippen LogP contribution is 2.12. The van der Waals surface area contributed by atoms with Gasteiger partial charge in [-0.1, -0.05) is 0 Å². The van der Waals surface area contributed by atoms with E-state index in [1.807, 2.05) is 0 Å². The van der Waals surface area contributed by atoms with E-state index in [1.54, 1.807) is 0 Å². The maximum Gasteiger partial charge on any atom is 0.303 e. The Morgan fingerprint density at radius 2 is 2.07 bits per heavy atom. The molecule has 0 bridgehead atoms. The Bertz CT molecular complexity index is 355. The number of aliphatic carboxylic acids is 1. The Kier molecular flexibility index (Phi) is 4.03. The second-order valence-corrected chi connectivity index (χ2v) is 3.05. The van der Waals surface area contributed by atoms with Crippen LogP contribution in [0.5, 0.6) is 0 Å². The second-order valence-electron chi connectivity index (χ2n) is 3.05. The molecule has 1 aromatic rings. The normalized spacial score (nSPS) is 10.0. The van der Waals surface area contributed by atoms with Crippen molar-refractivity contribution in [3.05, 3.63) is 29.8 Å². The Morgan fingerprint density at radius 3 is 2.67 bits per heavy atom. The van der Waals surface area contributed by atoms with Crippen LogP contribution in [0.3, 0.4) is 0 Å². The third-order valence-electron chi connectivity index (χ3n) is 1.82. The third kappa shape index (κ3) is 3.93. The first-order valence-corrected chi connectivity index (χ1v) is 4.50. The lowest BCUT2D eigenvalue weighted by atomic mass is 10.2. The van der Waals surface area contributed by atoms with Crippen LogP contribution in [-0.2, 0) is 4.79 Å². The second kappa shape index (κ2) is 5.29. The van der Waals surface area contributed by atoms with Crippen LogP contribution in [0.15, 0.2) is 18.2 Å². The van der Waals surface area contributed by atoms with Crippen molar-refractivity contribution in [2.75, 3.05) is 11.9 Å². The molecule has 0 aromatic heterocycles. The molecule has 0 fully saturated rings. The Labute approximate surface area is 85.7 Å². The van der Waals surface area contributed by atoms with E-state index in [-0.39, 0.29) is 6.42 Å². The SMILES string of the molecule is O=C(O)CCCNc1ccc(F)c(F)c1. The van der Waals surface area contributed by atoms with Gasteiger partial charge in [0.05, 0.1) is 0 Å². The first-order valence-electron chi connectivity index (χ1n) is 4.50. The number of rotatable bonds is 5. The third-order valence-corrected chi connectivity index (χ3v) is 1.82. The van der Waals surface area contributed by atoms with Crippen molar-refractivity contribution in [1.29, 1.82) is 0 Å². The molecule has 0 saturated carbocycles. The van der Waals surface area contributed by atoms with Crippen molar-refractivity contribution in [3.63, 3.8) is 0 Å². The van der Waals surface area contributed by atoms with Crippen LogP contribution in [0.2, 0.25) is 0 Å². The summed E-state index contributed by atoms with van der Waals surface area (Å²) in [7, 11) is 0. The van der Waals surface area contributed by atoms with Crippen LogP contribution in [-0.4, -0.2) is 17.6 Å². The molecule has 2 N–H and O–H groups in total. The molecular weight excluding hydrogens is 204 g/mol. The first-order chi connectivity index (χ1) is 7.09. The number of nitrogens with one attached hydrogen (secondary N) is 1. The van der Waals surface area contributed by atoms with Gasteiger partial charge < -0.3 is 10.4 Å². The average Bonchev–Trinajstić information content (AvgIpc) is 2.18. The molecule has 0 radical (unpaired) electrons. The lowest BCUT2D eigenvalue weighted by Gasteiger charge is -2.05. The van der Waals surface area contributed by atoms with Gasteiger partial charge in [0.2, 0.25) is 0 Å². The largest absolute Gasteiger partial charge is 0.481 e. The van der Waals surface area contributed by atoms with E-state index in [9.17, 15) is 13.6 Å². The van der Waals surface area contributed by atoms with Crippen LogP contribution in [0.1, 0.15) is 12.8 Å². The van der Waals surface area contributed by atoms with E-state index < -0.39 is 17.6 Å². The quantitative estimate of drug-likeness (QED) is 0.740. The van der Waals surface area contributed by atoms with E-state index in [0.717, 1.165) is 12.1 Å². The molecule has 0 unspecified atom stereocenters.